The second kappa shape index (κ2) is 9.67. The Labute approximate surface area is 184 Å². The van der Waals surface area contributed by atoms with Crippen molar-refractivity contribution in [1.29, 1.82) is 0 Å². The van der Waals surface area contributed by atoms with Gasteiger partial charge in [0.1, 0.15) is 5.82 Å². The van der Waals surface area contributed by atoms with E-state index in [1.54, 1.807) is 12.1 Å². The van der Waals surface area contributed by atoms with Gasteiger partial charge in [-0.1, -0.05) is 19.9 Å². The first-order valence-corrected chi connectivity index (χ1v) is 10.4. The van der Waals surface area contributed by atoms with Gasteiger partial charge in [0.2, 0.25) is 11.9 Å². The van der Waals surface area contributed by atoms with Crippen molar-refractivity contribution in [3.8, 4) is 0 Å². The number of pyridine rings is 1. The molecule has 0 aliphatic carbocycles. The van der Waals surface area contributed by atoms with Gasteiger partial charge in [-0.3, -0.25) is 24.2 Å². The highest BCUT2D eigenvalue weighted by Gasteiger charge is 2.41. The summed E-state index contributed by atoms with van der Waals surface area (Å²) in [5.74, 6) is 0.745. The van der Waals surface area contributed by atoms with Crippen LogP contribution in [0.5, 0.6) is 0 Å². The summed E-state index contributed by atoms with van der Waals surface area (Å²) in [6.45, 7) is 5.12. The molecule has 0 unspecified atom stereocenters. The highest BCUT2D eigenvalue weighted by Crippen LogP contribution is 2.41. The second-order valence-corrected chi connectivity index (χ2v) is 8.32. The number of amides is 1. The van der Waals surface area contributed by atoms with E-state index in [9.17, 15) is 14.4 Å². The summed E-state index contributed by atoms with van der Waals surface area (Å²) in [6, 6.07) is 6.62. The van der Waals surface area contributed by atoms with Crippen molar-refractivity contribution in [3.05, 3.63) is 50.7 Å². The largest absolute Gasteiger partial charge is 0.483 e. The highest BCUT2D eigenvalue weighted by atomic mass is 16.3. The molecule has 2 bridgehead atoms. The molecule has 1 amide bonds. The van der Waals surface area contributed by atoms with E-state index in [4.69, 9.17) is 15.6 Å². The molecule has 4 heterocycles. The lowest BCUT2D eigenvalue weighted by Crippen LogP contribution is -2.52. The average Bonchev–Trinajstić information content (AvgIpc) is 2.73. The van der Waals surface area contributed by atoms with Crippen LogP contribution >= 0.6 is 0 Å². The Morgan fingerprint density at radius 2 is 2.09 bits per heavy atom. The van der Waals surface area contributed by atoms with Crippen molar-refractivity contribution in [2.75, 3.05) is 30.3 Å². The van der Waals surface area contributed by atoms with E-state index < -0.39 is 0 Å². The Kier molecular flexibility index (Phi) is 6.96. The minimum Gasteiger partial charge on any atom is -0.483 e. The van der Waals surface area contributed by atoms with Crippen molar-refractivity contribution >= 4 is 24.1 Å². The topological polar surface area (TPSA) is 163 Å². The summed E-state index contributed by atoms with van der Waals surface area (Å²) in [5, 5.41) is 9.88. The van der Waals surface area contributed by atoms with E-state index in [-0.39, 0.29) is 53.2 Å². The van der Waals surface area contributed by atoms with E-state index in [0.717, 1.165) is 12.1 Å². The number of nitrogens with one attached hydrogen (secondary N) is 2. The summed E-state index contributed by atoms with van der Waals surface area (Å²) >= 11 is 0. The first kappa shape index (κ1) is 23.0. The fraction of sp³-hybridized carbons (Fsp3) is 0.476. The van der Waals surface area contributed by atoms with Crippen LogP contribution < -0.4 is 27.1 Å². The van der Waals surface area contributed by atoms with Gasteiger partial charge in [-0.2, -0.15) is 4.98 Å². The number of nitrogens with two attached hydrogens (primary N) is 1. The third-order valence-corrected chi connectivity index (χ3v) is 5.88. The third-order valence-electron chi connectivity index (χ3n) is 5.88. The maximum absolute atomic E-state index is 12.7. The predicted molar refractivity (Wildman–Crippen MR) is 119 cm³/mol. The molecule has 3 atom stereocenters. The molecule has 4 rings (SSSR count). The third kappa shape index (κ3) is 4.82. The number of hydrogen-bond acceptors (Lipinski definition) is 7. The number of rotatable bonds is 4. The minimum absolute atomic E-state index is 0.0330. The van der Waals surface area contributed by atoms with Crippen molar-refractivity contribution in [2.24, 2.45) is 11.8 Å². The van der Waals surface area contributed by atoms with Crippen LogP contribution in [-0.4, -0.2) is 51.7 Å². The number of aromatic amines is 1. The van der Waals surface area contributed by atoms with E-state index in [0.29, 0.717) is 25.5 Å². The molecule has 2 aliphatic heterocycles. The zero-order valence-corrected chi connectivity index (χ0v) is 18.0. The molecule has 2 aliphatic rings. The van der Waals surface area contributed by atoms with Gasteiger partial charge in [0.15, 0.2) is 0 Å². The Morgan fingerprint density at radius 3 is 2.75 bits per heavy atom. The van der Waals surface area contributed by atoms with Gasteiger partial charge in [-0.05, 0) is 18.4 Å². The molecule has 2 aromatic rings. The number of hydrogen-bond donors (Lipinski definition) is 4. The standard InChI is InChI=1S/C20H26N6O3.CH2O2/c1-11(2)19(29)22-8-15-13-6-12(14-4-3-5-18(28)26(14)15)9-25(10-13)16-7-17(27)24-20(21)23-16;2-1-3/h3-5,7,11-13,15H,6,8-10H2,1-2H3,(H,22,29)(H3,21,23,24,27);1H,(H,2,3)/t12-,13+,15+;/m1./s1. The maximum atomic E-state index is 12.7. The van der Waals surface area contributed by atoms with Gasteiger partial charge in [0, 0.05) is 49.3 Å². The molecule has 32 heavy (non-hydrogen) atoms. The number of nitrogen functional groups attached to an aromatic ring is 1. The SMILES string of the molecule is CC(C)C(=O)NC[C@H]1[C@H]2C[C@H](CN(c3cc(=O)[nH]c(N)n3)C2)c2cccc(=O)n21.O=CO. The van der Waals surface area contributed by atoms with Crippen LogP contribution in [0.15, 0.2) is 33.9 Å². The molecule has 11 nitrogen and oxygen atoms in total. The zero-order chi connectivity index (χ0) is 23.4. The van der Waals surface area contributed by atoms with Gasteiger partial charge in [-0.15, -0.1) is 0 Å². The highest BCUT2D eigenvalue weighted by molar-refractivity contribution is 5.77. The lowest BCUT2D eigenvalue weighted by molar-refractivity contribution is -0.124. The van der Waals surface area contributed by atoms with Crippen molar-refractivity contribution in [3.63, 3.8) is 0 Å². The van der Waals surface area contributed by atoms with E-state index >= 15 is 0 Å². The van der Waals surface area contributed by atoms with Crippen molar-refractivity contribution in [1.82, 2.24) is 19.9 Å². The molecule has 0 radical (unpaired) electrons. The first-order chi connectivity index (χ1) is 15.2. The number of nitrogens with zero attached hydrogens (tertiary/aromatic N) is 3. The number of aromatic nitrogens is 3. The van der Waals surface area contributed by atoms with Crippen molar-refractivity contribution in [2.45, 2.75) is 32.2 Å². The smallest absolute Gasteiger partial charge is 0.290 e. The van der Waals surface area contributed by atoms with E-state index in [1.807, 2.05) is 24.5 Å². The fourth-order valence-electron chi connectivity index (χ4n) is 4.53. The molecule has 1 saturated heterocycles. The quantitative estimate of drug-likeness (QED) is 0.484. The molecule has 0 spiro atoms. The number of piperidine rings is 1. The molecule has 0 saturated carbocycles. The van der Waals surface area contributed by atoms with Crippen LogP contribution in [0.25, 0.3) is 0 Å². The molecular weight excluding hydrogens is 416 g/mol. The number of H-pyrrole nitrogens is 1. The number of carbonyl (C=O) groups excluding carboxylic acids is 1. The average molecular weight is 444 g/mol. The number of anilines is 2. The van der Waals surface area contributed by atoms with Gasteiger partial charge in [0.05, 0.1) is 6.04 Å². The minimum atomic E-state index is -0.291. The van der Waals surface area contributed by atoms with Crippen LogP contribution in [-0.2, 0) is 9.59 Å². The van der Waals surface area contributed by atoms with E-state index in [1.165, 1.54) is 6.07 Å². The lowest BCUT2D eigenvalue weighted by atomic mass is 9.78. The number of fused-ring (bicyclic) bond motifs is 4. The molecule has 1 fully saturated rings. The number of carbonyl (C=O) groups is 2. The number of carboxylic acid groups (broad SMARTS) is 1. The van der Waals surface area contributed by atoms with Crippen molar-refractivity contribution < 1.29 is 14.7 Å². The monoisotopic (exact) mass is 444 g/mol. The van der Waals surface area contributed by atoms with Gasteiger partial charge < -0.3 is 25.6 Å². The van der Waals surface area contributed by atoms with Crippen LogP contribution in [0.3, 0.4) is 0 Å². The summed E-state index contributed by atoms with van der Waals surface area (Å²) < 4.78 is 1.84. The van der Waals surface area contributed by atoms with E-state index in [2.05, 4.69) is 20.2 Å². The molecule has 5 N–H and O–H groups in total. The van der Waals surface area contributed by atoms with Crippen LogP contribution in [0.4, 0.5) is 11.8 Å². The summed E-state index contributed by atoms with van der Waals surface area (Å²) in [7, 11) is 0. The Bertz CT molecular complexity index is 1090. The Morgan fingerprint density at radius 1 is 1.38 bits per heavy atom. The van der Waals surface area contributed by atoms with Gasteiger partial charge in [0.25, 0.3) is 17.6 Å². The predicted octanol–water partition coefficient (Wildman–Crippen LogP) is 0.152. The normalized spacial score (nSPS) is 21.2. The van der Waals surface area contributed by atoms with Gasteiger partial charge >= 0.3 is 0 Å². The molecule has 11 heteroatoms. The molecule has 172 valence electrons. The Hall–Kier alpha value is -3.63. The molecule has 0 aromatic carbocycles. The second-order valence-electron chi connectivity index (χ2n) is 8.32. The Balaban J connectivity index is 0.000000913. The van der Waals surface area contributed by atoms with Crippen LogP contribution in [0, 0.1) is 11.8 Å². The summed E-state index contributed by atoms with van der Waals surface area (Å²) in [6.07, 6.45) is 0.918. The molecular formula is C21H28N6O5. The lowest BCUT2D eigenvalue weighted by Gasteiger charge is -2.47. The summed E-state index contributed by atoms with van der Waals surface area (Å²) in [4.78, 5) is 53.9. The van der Waals surface area contributed by atoms with Crippen LogP contribution in [0.2, 0.25) is 0 Å². The van der Waals surface area contributed by atoms with Crippen LogP contribution in [0.1, 0.15) is 37.9 Å². The first-order valence-electron chi connectivity index (χ1n) is 10.4. The maximum Gasteiger partial charge on any atom is 0.290 e. The summed E-state index contributed by atoms with van der Waals surface area (Å²) in [5.41, 5.74) is 6.35. The zero-order valence-electron chi connectivity index (χ0n) is 18.0. The van der Waals surface area contributed by atoms with Gasteiger partial charge in [-0.25, -0.2) is 0 Å². The fourth-order valence-corrected chi connectivity index (χ4v) is 4.53. The molecule has 2 aromatic heterocycles.